The summed E-state index contributed by atoms with van der Waals surface area (Å²) in [7, 11) is 0. The number of nitrogens with two attached hydrogens (primary N) is 1. The van der Waals surface area contributed by atoms with E-state index < -0.39 is 0 Å². The van der Waals surface area contributed by atoms with Crippen LogP contribution in [0.3, 0.4) is 0 Å². The number of urea groups is 1. The van der Waals surface area contributed by atoms with E-state index in [2.05, 4.69) is 10.2 Å². The molecule has 3 N–H and O–H groups in total. The zero-order valence-electron chi connectivity index (χ0n) is 12.1. The molecular formula is C15H22N4O2. The second-order valence-electron chi connectivity index (χ2n) is 5.53. The number of benzene rings is 1. The predicted molar refractivity (Wildman–Crippen MR) is 80.2 cm³/mol. The van der Waals surface area contributed by atoms with Crippen LogP contribution in [0.2, 0.25) is 0 Å². The molecule has 1 atom stereocenters. The van der Waals surface area contributed by atoms with E-state index in [4.69, 9.17) is 10.5 Å². The number of hydrogen-bond acceptors (Lipinski definition) is 4. The van der Waals surface area contributed by atoms with Gasteiger partial charge in [-0.3, -0.25) is 4.90 Å². The summed E-state index contributed by atoms with van der Waals surface area (Å²) in [6.45, 7) is 5.46. The first-order valence-corrected chi connectivity index (χ1v) is 7.45. The van der Waals surface area contributed by atoms with Crippen molar-refractivity contribution in [3.8, 4) is 5.75 Å². The number of rotatable bonds is 5. The normalized spacial score (nSPS) is 22.0. The third kappa shape index (κ3) is 3.28. The summed E-state index contributed by atoms with van der Waals surface area (Å²) in [6, 6.07) is 8.29. The minimum atomic E-state index is 0.0782. The highest BCUT2D eigenvalue weighted by molar-refractivity contribution is 5.77. The first-order valence-electron chi connectivity index (χ1n) is 7.45. The molecular weight excluding hydrogens is 268 g/mol. The molecule has 0 spiro atoms. The van der Waals surface area contributed by atoms with Gasteiger partial charge in [-0.25, -0.2) is 4.79 Å². The van der Waals surface area contributed by atoms with Crippen molar-refractivity contribution in [1.29, 1.82) is 0 Å². The Kier molecular flexibility index (Phi) is 4.26. The van der Waals surface area contributed by atoms with Crippen LogP contribution in [0.15, 0.2) is 24.3 Å². The van der Waals surface area contributed by atoms with Crippen molar-refractivity contribution in [3.63, 3.8) is 0 Å². The molecule has 2 aliphatic heterocycles. The van der Waals surface area contributed by atoms with E-state index in [0.29, 0.717) is 19.2 Å². The summed E-state index contributed by atoms with van der Waals surface area (Å²) in [5, 5.41) is 2.89. The Morgan fingerprint density at radius 3 is 3.14 bits per heavy atom. The molecule has 2 fully saturated rings. The Morgan fingerprint density at radius 1 is 1.38 bits per heavy atom. The van der Waals surface area contributed by atoms with Crippen molar-refractivity contribution in [1.82, 2.24) is 15.1 Å². The number of hydrogen-bond donors (Lipinski definition) is 2. The quantitative estimate of drug-likeness (QED) is 0.814. The van der Waals surface area contributed by atoms with Crippen LogP contribution in [0, 0.1) is 0 Å². The highest BCUT2D eigenvalue weighted by Crippen LogP contribution is 2.15. The molecule has 6 nitrogen and oxygen atoms in total. The summed E-state index contributed by atoms with van der Waals surface area (Å²) in [5.74, 6) is 0.870. The maximum Gasteiger partial charge on any atom is 0.317 e. The number of piperazine rings is 1. The maximum atomic E-state index is 11.5. The van der Waals surface area contributed by atoms with Crippen LogP contribution in [-0.2, 0) is 6.54 Å². The average molecular weight is 290 g/mol. The summed E-state index contributed by atoms with van der Waals surface area (Å²) < 4.78 is 5.79. The lowest BCUT2D eigenvalue weighted by Crippen LogP contribution is -2.52. The average Bonchev–Trinajstić information content (AvgIpc) is 2.88. The van der Waals surface area contributed by atoms with Crippen LogP contribution in [0.5, 0.6) is 5.75 Å². The van der Waals surface area contributed by atoms with Gasteiger partial charge in [-0.05, 0) is 17.7 Å². The van der Waals surface area contributed by atoms with Gasteiger partial charge in [0.1, 0.15) is 12.4 Å². The van der Waals surface area contributed by atoms with Crippen molar-refractivity contribution in [3.05, 3.63) is 29.8 Å². The summed E-state index contributed by atoms with van der Waals surface area (Å²) in [4.78, 5) is 15.8. The van der Waals surface area contributed by atoms with Gasteiger partial charge in [0.15, 0.2) is 0 Å². The second kappa shape index (κ2) is 6.32. The largest absolute Gasteiger partial charge is 0.492 e. The molecule has 1 aromatic carbocycles. The van der Waals surface area contributed by atoms with Crippen LogP contribution in [0.4, 0.5) is 4.79 Å². The van der Waals surface area contributed by atoms with Crippen molar-refractivity contribution < 1.29 is 9.53 Å². The number of carbonyl (C=O) groups is 1. The van der Waals surface area contributed by atoms with Crippen LogP contribution in [0.1, 0.15) is 5.56 Å². The molecule has 6 heteroatoms. The first kappa shape index (κ1) is 14.2. The Bertz CT molecular complexity index is 508. The van der Waals surface area contributed by atoms with Crippen molar-refractivity contribution >= 4 is 6.03 Å². The summed E-state index contributed by atoms with van der Waals surface area (Å²) in [5.41, 5.74) is 6.70. The summed E-state index contributed by atoms with van der Waals surface area (Å²) in [6.07, 6.45) is 0. The Labute approximate surface area is 124 Å². The van der Waals surface area contributed by atoms with Gasteiger partial charge in [-0.1, -0.05) is 12.1 Å². The number of amides is 2. The fourth-order valence-electron chi connectivity index (χ4n) is 2.93. The maximum absolute atomic E-state index is 11.5. The van der Waals surface area contributed by atoms with Gasteiger partial charge < -0.3 is 20.7 Å². The zero-order valence-corrected chi connectivity index (χ0v) is 12.1. The number of nitrogens with zero attached hydrogens (tertiary/aromatic N) is 2. The highest BCUT2D eigenvalue weighted by Gasteiger charge is 2.35. The second-order valence-corrected chi connectivity index (χ2v) is 5.53. The van der Waals surface area contributed by atoms with Gasteiger partial charge in [0, 0.05) is 39.3 Å². The predicted octanol–water partition coefficient (Wildman–Crippen LogP) is 0.234. The van der Waals surface area contributed by atoms with E-state index >= 15 is 0 Å². The third-order valence-corrected chi connectivity index (χ3v) is 4.13. The topological polar surface area (TPSA) is 70.8 Å². The first-order chi connectivity index (χ1) is 10.3. The Balaban J connectivity index is 1.44. The SMILES string of the molecule is NCc1cccc(OCCN2CCN3C(=O)NCC3C2)c1. The molecule has 1 aromatic rings. The van der Waals surface area contributed by atoms with Crippen LogP contribution < -0.4 is 15.8 Å². The zero-order chi connectivity index (χ0) is 14.7. The fourth-order valence-corrected chi connectivity index (χ4v) is 2.93. The number of nitrogens with one attached hydrogen (secondary N) is 1. The van der Waals surface area contributed by atoms with Crippen LogP contribution in [-0.4, -0.2) is 61.2 Å². The monoisotopic (exact) mass is 290 g/mol. The molecule has 2 aliphatic rings. The van der Waals surface area contributed by atoms with E-state index in [0.717, 1.165) is 44.0 Å². The van der Waals surface area contributed by atoms with E-state index in [1.165, 1.54) is 0 Å². The molecule has 0 aliphatic carbocycles. The molecule has 21 heavy (non-hydrogen) atoms. The van der Waals surface area contributed by atoms with Gasteiger partial charge in [-0.2, -0.15) is 0 Å². The molecule has 114 valence electrons. The van der Waals surface area contributed by atoms with E-state index in [-0.39, 0.29) is 6.03 Å². The number of ether oxygens (including phenoxy) is 1. The summed E-state index contributed by atoms with van der Waals surface area (Å²) >= 11 is 0. The molecule has 2 saturated heterocycles. The van der Waals surface area contributed by atoms with Crippen molar-refractivity contribution in [2.24, 2.45) is 5.73 Å². The lowest BCUT2D eigenvalue weighted by molar-refractivity contribution is 0.108. The third-order valence-electron chi connectivity index (χ3n) is 4.13. The standard InChI is InChI=1S/C15H22N4O2/c16-9-12-2-1-3-14(8-12)21-7-6-18-4-5-19-13(11-18)10-17-15(19)20/h1-3,8,13H,4-7,9-11,16H2,(H,17,20). The van der Waals surface area contributed by atoms with Crippen LogP contribution >= 0.6 is 0 Å². The molecule has 1 unspecified atom stereocenters. The van der Waals surface area contributed by atoms with Crippen LogP contribution in [0.25, 0.3) is 0 Å². The Morgan fingerprint density at radius 2 is 2.29 bits per heavy atom. The molecule has 2 amide bonds. The highest BCUT2D eigenvalue weighted by atomic mass is 16.5. The van der Waals surface area contributed by atoms with Gasteiger partial charge in [-0.15, -0.1) is 0 Å². The molecule has 3 rings (SSSR count). The van der Waals surface area contributed by atoms with E-state index in [1.54, 1.807) is 0 Å². The molecule has 2 heterocycles. The van der Waals surface area contributed by atoms with E-state index in [9.17, 15) is 4.79 Å². The minimum absolute atomic E-state index is 0.0782. The van der Waals surface area contributed by atoms with E-state index in [1.807, 2.05) is 29.2 Å². The lowest BCUT2D eigenvalue weighted by atomic mass is 10.2. The fraction of sp³-hybridized carbons (Fsp3) is 0.533. The van der Waals surface area contributed by atoms with Gasteiger partial charge in [0.25, 0.3) is 0 Å². The molecule has 0 radical (unpaired) electrons. The van der Waals surface area contributed by atoms with Gasteiger partial charge in [0.2, 0.25) is 0 Å². The van der Waals surface area contributed by atoms with Crippen molar-refractivity contribution in [2.75, 3.05) is 39.3 Å². The molecule has 0 saturated carbocycles. The number of carbonyl (C=O) groups excluding carboxylic acids is 1. The lowest BCUT2D eigenvalue weighted by Gasteiger charge is -2.36. The minimum Gasteiger partial charge on any atom is -0.492 e. The smallest absolute Gasteiger partial charge is 0.317 e. The molecule has 0 aromatic heterocycles. The van der Waals surface area contributed by atoms with Gasteiger partial charge in [0.05, 0.1) is 6.04 Å². The Hall–Kier alpha value is -1.79. The van der Waals surface area contributed by atoms with Gasteiger partial charge >= 0.3 is 6.03 Å². The number of fused-ring (bicyclic) bond motifs is 1. The molecule has 0 bridgehead atoms. The van der Waals surface area contributed by atoms with Crippen molar-refractivity contribution in [2.45, 2.75) is 12.6 Å².